The molecule has 6 nitrogen and oxygen atoms in total. The fourth-order valence-corrected chi connectivity index (χ4v) is 5.92. The van der Waals surface area contributed by atoms with Gasteiger partial charge in [-0.2, -0.15) is 0 Å². The van der Waals surface area contributed by atoms with Crippen LogP contribution in [0, 0.1) is 23.7 Å². The Kier molecular flexibility index (Phi) is 5.01. The van der Waals surface area contributed by atoms with Crippen LogP contribution in [0.3, 0.4) is 0 Å². The predicted molar refractivity (Wildman–Crippen MR) is 109 cm³/mol. The van der Waals surface area contributed by atoms with Crippen LogP contribution in [-0.4, -0.2) is 25.0 Å². The normalized spacial score (nSPS) is 28.9. The lowest BCUT2D eigenvalue weighted by Crippen LogP contribution is -2.55. The number of hydrogen-bond acceptors (Lipinski definition) is 5. The maximum absolute atomic E-state index is 12.8. The molecular formula is C24H27NO5. The second-order valence-corrected chi connectivity index (χ2v) is 9.00. The van der Waals surface area contributed by atoms with Crippen molar-refractivity contribution < 1.29 is 23.5 Å². The van der Waals surface area contributed by atoms with Crippen LogP contribution in [-0.2, 0) is 11.3 Å². The zero-order valence-corrected chi connectivity index (χ0v) is 17.1. The molecule has 0 saturated heterocycles. The van der Waals surface area contributed by atoms with E-state index in [0.29, 0.717) is 40.7 Å². The molecule has 4 aliphatic rings. The molecule has 1 aromatic heterocycles. The highest BCUT2D eigenvalue weighted by Crippen LogP contribution is 2.53. The average molecular weight is 409 g/mol. The van der Waals surface area contributed by atoms with Gasteiger partial charge in [0.25, 0.3) is 5.91 Å². The van der Waals surface area contributed by atoms with E-state index in [1.54, 1.807) is 36.4 Å². The van der Waals surface area contributed by atoms with Crippen LogP contribution in [0.1, 0.15) is 58.8 Å². The first-order valence-electron chi connectivity index (χ1n) is 10.8. The first-order valence-corrected chi connectivity index (χ1v) is 10.8. The summed E-state index contributed by atoms with van der Waals surface area (Å²) in [5.41, 5.74) is 0.464. The quantitative estimate of drug-likeness (QED) is 0.724. The van der Waals surface area contributed by atoms with E-state index in [4.69, 9.17) is 9.15 Å². The molecule has 1 N–H and O–H groups in total. The zero-order valence-electron chi connectivity index (χ0n) is 17.1. The van der Waals surface area contributed by atoms with Gasteiger partial charge in [0, 0.05) is 6.04 Å². The molecule has 0 aliphatic heterocycles. The Morgan fingerprint density at radius 1 is 0.967 bits per heavy atom. The Morgan fingerprint density at radius 3 is 2.27 bits per heavy atom. The molecular weight excluding hydrogens is 382 g/mol. The van der Waals surface area contributed by atoms with E-state index in [2.05, 4.69) is 10.1 Å². The number of ether oxygens (including phenoxy) is 2. The van der Waals surface area contributed by atoms with E-state index in [9.17, 15) is 9.59 Å². The molecule has 0 radical (unpaired) electrons. The van der Waals surface area contributed by atoms with Gasteiger partial charge in [0.2, 0.25) is 0 Å². The molecule has 0 unspecified atom stereocenters. The minimum absolute atomic E-state index is 0.124. The lowest BCUT2D eigenvalue weighted by atomic mass is 9.54. The standard InChI is InChI=1S/C24H27NO5/c1-28-24(27)16-2-4-19(5-3-16)29-13-20-6-7-21(30-20)23(26)25-22-17-9-14-8-15(11-17)12-18(22)10-14/h2-7,14-15,17-18,22H,8-13H2,1H3,(H,25,26). The van der Waals surface area contributed by atoms with E-state index in [1.165, 1.54) is 39.2 Å². The van der Waals surface area contributed by atoms with Crippen molar-refractivity contribution in [2.45, 2.75) is 44.8 Å². The van der Waals surface area contributed by atoms with Crippen molar-refractivity contribution in [3.05, 3.63) is 53.5 Å². The van der Waals surface area contributed by atoms with Gasteiger partial charge in [-0.15, -0.1) is 0 Å². The van der Waals surface area contributed by atoms with Crippen LogP contribution < -0.4 is 10.1 Å². The Hall–Kier alpha value is -2.76. The molecule has 4 bridgehead atoms. The number of benzene rings is 1. The average Bonchev–Trinajstić information content (AvgIpc) is 3.23. The first kappa shape index (κ1) is 19.2. The summed E-state index contributed by atoms with van der Waals surface area (Å²) in [7, 11) is 1.35. The van der Waals surface area contributed by atoms with Gasteiger partial charge >= 0.3 is 5.97 Å². The molecule has 1 aromatic carbocycles. The summed E-state index contributed by atoms with van der Waals surface area (Å²) in [6.07, 6.45) is 6.47. The molecule has 6 rings (SSSR count). The molecule has 158 valence electrons. The number of carbonyl (C=O) groups is 2. The highest BCUT2D eigenvalue weighted by molar-refractivity contribution is 5.91. The summed E-state index contributed by atoms with van der Waals surface area (Å²) in [5, 5.41) is 3.27. The molecule has 2 aromatic rings. The topological polar surface area (TPSA) is 77.8 Å². The van der Waals surface area contributed by atoms with Gasteiger partial charge in [-0.25, -0.2) is 4.79 Å². The van der Waals surface area contributed by atoms with E-state index in [1.807, 2.05) is 0 Å². The maximum atomic E-state index is 12.8. The number of nitrogens with one attached hydrogen (secondary N) is 1. The number of furan rings is 1. The van der Waals surface area contributed by atoms with Crippen molar-refractivity contribution in [3.63, 3.8) is 0 Å². The fraction of sp³-hybridized carbons (Fsp3) is 0.500. The van der Waals surface area contributed by atoms with E-state index in [0.717, 1.165) is 11.8 Å². The number of rotatable bonds is 6. The molecule has 1 amide bonds. The van der Waals surface area contributed by atoms with Gasteiger partial charge in [-0.05, 0) is 92.2 Å². The predicted octanol–water partition coefficient (Wildman–Crippen LogP) is 4.20. The fourth-order valence-electron chi connectivity index (χ4n) is 5.92. The number of amides is 1. The number of esters is 1. The summed E-state index contributed by atoms with van der Waals surface area (Å²) in [4.78, 5) is 24.2. The molecule has 6 heteroatoms. The highest BCUT2D eigenvalue weighted by Gasteiger charge is 2.48. The van der Waals surface area contributed by atoms with E-state index >= 15 is 0 Å². The minimum atomic E-state index is -0.387. The summed E-state index contributed by atoms with van der Waals surface area (Å²) in [6, 6.07) is 10.5. The highest BCUT2D eigenvalue weighted by atomic mass is 16.5. The SMILES string of the molecule is COC(=O)c1ccc(OCc2ccc(C(=O)NC3C4CC5CC(C4)CC3C5)o2)cc1. The van der Waals surface area contributed by atoms with Crippen LogP contribution >= 0.6 is 0 Å². The Morgan fingerprint density at radius 2 is 1.63 bits per heavy atom. The van der Waals surface area contributed by atoms with Crippen molar-refractivity contribution in [2.24, 2.45) is 23.7 Å². The van der Waals surface area contributed by atoms with Gasteiger partial charge in [0.1, 0.15) is 18.1 Å². The summed E-state index contributed by atoms with van der Waals surface area (Å²) in [6.45, 7) is 0.211. The summed E-state index contributed by atoms with van der Waals surface area (Å²) in [5.74, 6) is 4.06. The van der Waals surface area contributed by atoms with Crippen molar-refractivity contribution in [2.75, 3.05) is 7.11 Å². The molecule has 4 fully saturated rings. The van der Waals surface area contributed by atoms with Crippen LogP contribution in [0.5, 0.6) is 5.75 Å². The third-order valence-electron chi connectivity index (χ3n) is 7.07. The van der Waals surface area contributed by atoms with Gasteiger partial charge < -0.3 is 19.2 Å². The van der Waals surface area contributed by atoms with Gasteiger partial charge in [0.15, 0.2) is 5.76 Å². The van der Waals surface area contributed by atoms with Crippen LogP contribution in [0.15, 0.2) is 40.8 Å². The first-order chi connectivity index (χ1) is 14.6. The maximum Gasteiger partial charge on any atom is 0.337 e. The van der Waals surface area contributed by atoms with Crippen LogP contribution in [0.2, 0.25) is 0 Å². The van der Waals surface area contributed by atoms with E-state index < -0.39 is 0 Å². The summed E-state index contributed by atoms with van der Waals surface area (Å²) >= 11 is 0. The molecule has 0 spiro atoms. The molecule has 1 heterocycles. The van der Waals surface area contributed by atoms with Gasteiger partial charge in [-0.3, -0.25) is 4.79 Å². The van der Waals surface area contributed by atoms with Gasteiger partial charge in [0.05, 0.1) is 12.7 Å². The zero-order chi connectivity index (χ0) is 20.7. The monoisotopic (exact) mass is 409 g/mol. The van der Waals surface area contributed by atoms with Crippen molar-refractivity contribution in [3.8, 4) is 5.75 Å². The second-order valence-electron chi connectivity index (χ2n) is 9.00. The smallest absolute Gasteiger partial charge is 0.337 e. The van der Waals surface area contributed by atoms with Crippen LogP contribution in [0.4, 0.5) is 0 Å². The minimum Gasteiger partial charge on any atom is -0.486 e. The second kappa shape index (κ2) is 7.82. The van der Waals surface area contributed by atoms with Crippen LogP contribution in [0.25, 0.3) is 0 Å². The lowest BCUT2D eigenvalue weighted by molar-refractivity contribution is -0.0123. The molecule has 0 atom stereocenters. The Labute approximate surface area is 175 Å². The lowest BCUT2D eigenvalue weighted by Gasteiger charge is -2.54. The summed E-state index contributed by atoms with van der Waals surface area (Å²) < 4.78 is 16.1. The van der Waals surface area contributed by atoms with Crippen molar-refractivity contribution in [1.82, 2.24) is 5.32 Å². The molecule has 4 saturated carbocycles. The number of methoxy groups -OCH3 is 1. The third-order valence-corrected chi connectivity index (χ3v) is 7.07. The Bertz CT molecular complexity index is 903. The third kappa shape index (κ3) is 3.71. The molecule has 4 aliphatic carbocycles. The van der Waals surface area contributed by atoms with Gasteiger partial charge in [-0.1, -0.05) is 0 Å². The van der Waals surface area contributed by atoms with Crippen molar-refractivity contribution >= 4 is 11.9 Å². The Balaban J connectivity index is 1.16. The largest absolute Gasteiger partial charge is 0.486 e. The van der Waals surface area contributed by atoms with Crippen molar-refractivity contribution in [1.29, 1.82) is 0 Å². The molecule has 30 heavy (non-hydrogen) atoms. The number of hydrogen-bond donors (Lipinski definition) is 1. The van der Waals surface area contributed by atoms with E-state index in [-0.39, 0.29) is 18.5 Å². The number of carbonyl (C=O) groups excluding carboxylic acids is 2.